The molecule has 0 heterocycles. The fourth-order valence-electron chi connectivity index (χ4n) is 1.25. The molecule has 0 bridgehead atoms. The molecule has 0 radical (unpaired) electrons. The van der Waals surface area contributed by atoms with Crippen LogP contribution < -0.4 is 11.1 Å². The molecule has 0 saturated heterocycles. The Labute approximate surface area is 106 Å². The van der Waals surface area contributed by atoms with Crippen LogP contribution in [0.4, 0.5) is 0 Å². The van der Waals surface area contributed by atoms with Crippen LogP contribution in [0.2, 0.25) is 0 Å². The Morgan fingerprint density at radius 1 is 1.39 bits per heavy atom. The van der Waals surface area contributed by atoms with E-state index in [9.17, 15) is 14.4 Å². The predicted octanol–water partition coefficient (Wildman–Crippen LogP) is -0.364. The van der Waals surface area contributed by atoms with Crippen molar-refractivity contribution >= 4 is 17.8 Å². The minimum absolute atomic E-state index is 0.0240. The third kappa shape index (κ3) is 6.85. The molecule has 0 aliphatic carbocycles. The maximum absolute atomic E-state index is 11.6. The lowest BCUT2D eigenvalue weighted by atomic mass is 10.0. The molecule has 7 heteroatoms. The molecule has 0 aromatic rings. The highest BCUT2D eigenvalue weighted by atomic mass is 16.5. The van der Waals surface area contributed by atoms with Crippen molar-refractivity contribution in [3.63, 3.8) is 0 Å². The van der Waals surface area contributed by atoms with Crippen molar-refractivity contribution in [2.75, 3.05) is 7.11 Å². The summed E-state index contributed by atoms with van der Waals surface area (Å²) < 4.78 is 5.07. The van der Waals surface area contributed by atoms with Crippen molar-refractivity contribution in [2.24, 2.45) is 5.73 Å². The highest BCUT2D eigenvalue weighted by Gasteiger charge is 2.25. The fourth-order valence-corrected chi connectivity index (χ4v) is 1.25. The van der Waals surface area contributed by atoms with Crippen LogP contribution in [0.15, 0.2) is 0 Å². The van der Waals surface area contributed by atoms with E-state index in [0.29, 0.717) is 0 Å². The van der Waals surface area contributed by atoms with Gasteiger partial charge in [0.15, 0.2) is 0 Å². The van der Waals surface area contributed by atoms with E-state index in [1.807, 2.05) is 0 Å². The monoisotopic (exact) mass is 260 g/mol. The number of primary amides is 1. The van der Waals surface area contributed by atoms with E-state index in [0.717, 1.165) is 0 Å². The van der Waals surface area contributed by atoms with Crippen LogP contribution in [0.3, 0.4) is 0 Å². The lowest BCUT2D eigenvalue weighted by Crippen LogP contribution is -2.44. The number of amides is 2. The van der Waals surface area contributed by atoms with Crippen LogP contribution in [0.5, 0.6) is 0 Å². The van der Waals surface area contributed by atoms with Gasteiger partial charge >= 0.3 is 5.97 Å². The number of ether oxygens (including phenoxy) is 1. The minimum atomic E-state index is -1.19. The zero-order valence-electron chi connectivity index (χ0n) is 10.9. The second-order valence-electron chi connectivity index (χ2n) is 4.60. The van der Waals surface area contributed by atoms with Gasteiger partial charge in [-0.2, -0.15) is 0 Å². The van der Waals surface area contributed by atoms with Gasteiger partial charge in [-0.3, -0.25) is 9.59 Å². The zero-order valence-corrected chi connectivity index (χ0v) is 10.9. The zero-order chi connectivity index (χ0) is 14.3. The van der Waals surface area contributed by atoms with Crippen molar-refractivity contribution < 1.29 is 24.2 Å². The molecule has 18 heavy (non-hydrogen) atoms. The molecule has 104 valence electrons. The largest absolute Gasteiger partial charge is 0.480 e. The summed E-state index contributed by atoms with van der Waals surface area (Å²) in [5, 5.41) is 11.2. The van der Waals surface area contributed by atoms with Crippen LogP contribution >= 0.6 is 0 Å². The van der Waals surface area contributed by atoms with Gasteiger partial charge in [-0.05, 0) is 20.3 Å². The number of carboxylic acids is 1. The van der Waals surface area contributed by atoms with E-state index in [1.165, 1.54) is 7.11 Å². The van der Waals surface area contributed by atoms with Crippen molar-refractivity contribution in [3.8, 4) is 0 Å². The molecular formula is C11H20N2O5. The van der Waals surface area contributed by atoms with Crippen molar-refractivity contribution in [1.29, 1.82) is 0 Å². The Kier molecular flexibility index (Phi) is 6.32. The standard InChI is InChI=1S/C11H20N2O5/c1-11(2,18-3)6-9(15)13-7(10(16)17)4-5-8(12)14/h7H,4-6H2,1-3H3,(H2,12,14)(H,13,15)(H,16,17)/t7-/m1/s1. The van der Waals surface area contributed by atoms with E-state index in [2.05, 4.69) is 5.32 Å². The molecule has 0 rings (SSSR count). The summed E-state index contributed by atoms with van der Waals surface area (Å²) in [6.45, 7) is 3.43. The van der Waals surface area contributed by atoms with E-state index < -0.39 is 29.4 Å². The number of carbonyl (C=O) groups is 3. The number of hydrogen-bond donors (Lipinski definition) is 3. The third-order valence-corrected chi connectivity index (χ3v) is 2.45. The maximum atomic E-state index is 11.6. The first kappa shape index (κ1) is 16.4. The number of hydrogen-bond acceptors (Lipinski definition) is 4. The van der Waals surface area contributed by atoms with Crippen molar-refractivity contribution in [1.82, 2.24) is 5.32 Å². The molecular weight excluding hydrogens is 240 g/mol. The molecule has 0 aromatic heterocycles. The Morgan fingerprint density at radius 2 is 1.94 bits per heavy atom. The molecule has 2 amide bonds. The summed E-state index contributed by atoms with van der Waals surface area (Å²) in [5.74, 6) is -2.24. The smallest absolute Gasteiger partial charge is 0.326 e. The quantitative estimate of drug-likeness (QED) is 0.550. The summed E-state index contributed by atoms with van der Waals surface area (Å²) in [6.07, 6.45) is -0.0847. The molecule has 0 fully saturated rings. The van der Waals surface area contributed by atoms with Gasteiger partial charge in [-0.25, -0.2) is 4.79 Å². The SMILES string of the molecule is COC(C)(C)CC(=O)N[C@H](CCC(N)=O)C(=O)O. The Morgan fingerprint density at radius 3 is 2.33 bits per heavy atom. The number of methoxy groups -OCH3 is 1. The molecule has 1 atom stereocenters. The van der Waals surface area contributed by atoms with Crippen LogP contribution in [0, 0.1) is 0 Å². The van der Waals surface area contributed by atoms with Gasteiger partial charge in [0.1, 0.15) is 6.04 Å². The summed E-state index contributed by atoms with van der Waals surface area (Å²) >= 11 is 0. The minimum Gasteiger partial charge on any atom is -0.480 e. The highest BCUT2D eigenvalue weighted by Crippen LogP contribution is 2.12. The Bertz CT molecular complexity index is 327. The molecule has 0 aromatic carbocycles. The summed E-state index contributed by atoms with van der Waals surface area (Å²) in [6, 6.07) is -1.11. The first-order valence-electron chi connectivity index (χ1n) is 5.53. The van der Waals surface area contributed by atoms with Gasteiger partial charge in [0.2, 0.25) is 11.8 Å². The summed E-state index contributed by atoms with van der Waals surface area (Å²) in [5.41, 5.74) is 4.26. The molecule has 0 unspecified atom stereocenters. The van der Waals surface area contributed by atoms with Crippen molar-refractivity contribution in [3.05, 3.63) is 0 Å². The van der Waals surface area contributed by atoms with E-state index in [1.54, 1.807) is 13.8 Å². The van der Waals surface area contributed by atoms with Crippen LogP contribution in [0.1, 0.15) is 33.1 Å². The lowest BCUT2D eigenvalue weighted by Gasteiger charge is -2.23. The number of carbonyl (C=O) groups excluding carboxylic acids is 2. The van der Waals surface area contributed by atoms with Gasteiger partial charge < -0.3 is 20.9 Å². The van der Waals surface area contributed by atoms with Gasteiger partial charge in [-0.1, -0.05) is 0 Å². The van der Waals surface area contributed by atoms with E-state index >= 15 is 0 Å². The second-order valence-corrected chi connectivity index (χ2v) is 4.60. The molecule has 4 N–H and O–H groups in total. The number of nitrogens with two attached hydrogens (primary N) is 1. The van der Waals surface area contributed by atoms with Crippen LogP contribution in [0.25, 0.3) is 0 Å². The summed E-state index contributed by atoms with van der Waals surface area (Å²) in [4.78, 5) is 33.1. The molecule has 0 aliphatic heterocycles. The number of nitrogens with one attached hydrogen (secondary N) is 1. The van der Waals surface area contributed by atoms with Gasteiger partial charge in [0, 0.05) is 13.5 Å². The lowest BCUT2D eigenvalue weighted by molar-refractivity contribution is -0.143. The highest BCUT2D eigenvalue weighted by molar-refractivity contribution is 5.84. The average Bonchev–Trinajstić information content (AvgIpc) is 2.22. The first-order valence-corrected chi connectivity index (χ1v) is 5.53. The molecule has 0 spiro atoms. The van der Waals surface area contributed by atoms with Gasteiger partial charge in [0.25, 0.3) is 0 Å². The van der Waals surface area contributed by atoms with Crippen LogP contribution in [-0.2, 0) is 19.1 Å². The maximum Gasteiger partial charge on any atom is 0.326 e. The Hall–Kier alpha value is -1.63. The van der Waals surface area contributed by atoms with Crippen molar-refractivity contribution in [2.45, 2.75) is 44.8 Å². The molecule has 7 nitrogen and oxygen atoms in total. The normalized spacial score (nSPS) is 12.8. The number of aliphatic carboxylic acids is 1. The van der Waals surface area contributed by atoms with Gasteiger partial charge in [-0.15, -0.1) is 0 Å². The number of rotatable bonds is 8. The summed E-state index contributed by atoms with van der Waals surface area (Å²) in [7, 11) is 1.47. The second kappa shape index (κ2) is 6.95. The third-order valence-electron chi connectivity index (χ3n) is 2.45. The average molecular weight is 260 g/mol. The predicted molar refractivity (Wildman–Crippen MR) is 63.7 cm³/mol. The fraction of sp³-hybridized carbons (Fsp3) is 0.727. The van der Waals surface area contributed by atoms with E-state index in [-0.39, 0.29) is 19.3 Å². The van der Waals surface area contributed by atoms with Crippen LogP contribution in [-0.4, -0.2) is 41.6 Å². The molecule has 0 saturated carbocycles. The first-order chi connectivity index (χ1) is 8.18. The van der Waals surface area contributed by atoms with Gasteiger partial charge in [0.05, 0.1) is 12.0 Å². The number of carboxylic acid groups (broad SMARTS) is 1. The molecule has 0 aliphatic rings. The topological polar surface area (TPSA) is 119 Å². The van der Waals surface area contributed by atoms with E-state index in [4.69, 9.17) is 15.6 Å². The Balaban J connectivity index is 4.37.